The van der Waals surface area contributed by atoms with Crippen LogP contribution < -0.4 is 10.0 Å². The number of carbonyl (C=O) groups is 1. The summed E-state index contributed by atoms with van der Waals surface area (Å²) in [5, 5.41) is 15.0. The van der Waals surface area contributed by atoms with Gasteiger partial charge in [-0.05, 0) is 47.7 Å². The average molecular weight is 412 g/mol. The number of fused-ring (bicyclic) bond motifs is 1. The molecule has 146 valence electrons. The Kier molecular flexibility index (Phi) is 4.98. The molecule has 1 fully saturated rings. The fraction of sp³-hybridized carbons (Fsp3) is 0.100. The molecule has 0 saturated carbocycles. The number of pyridine rings is 2. The molecule has 6 nitrogen and oxygen atoms in total. The van der Waals surface area contributed by atoms with Gasteiger partial charge in [-0.2, -0.15) is 13.5 Å². The Morgan fingerprint density at radius 2 is 2.10 bits per heavy atom. The van der Waals surface area contributed by atoms with Crippen LogP contribution >= 0.6 is 11.8 Å². The van der Waals surface area contributed by atoms with Crippen LogP contribution in [0.1, 0.15) is 11.3 Å². The molecular formula is C20H14F2N4O2S. The highest BCUT2D eigenvalue weighted by molar-refractivity contribution is 8.18. The Bertz CT molecular complexity index is 1160. The zero-order valence-corrected chi connectivity index (χ0v) is 15.7. The summed E-state index contributed by atoms with van der Waals surface area (Å²) in [6, 6.07) is 13.0. The molecule has 9 heteroatoms. The Balaban J connectivity index is 1.52. The van der Waals surface area contributed by atoms with Gasteiger partial charge in [0, 0.05) is 23.7 Å². The van der Waals surface area contributed by atoms with Crippen molar-refractivity contribution in [2.45, 2.75) is 5.92 Å². The molecule has 4 rings (SSSR count). The van der Waals surface area contributed by atoms with Gasteiger partial charge in [0.1, 0.15) is 6.54 Å². The Morgan fingerprint density at radius 1 is 1.24 bits per heavy atom. The van der Waals surface area contributed by atoms with E-state index in [9.17, 15) is 18.8 Å². The SMILES string of the molecule is O=C1NC(=NCC(F)(F)c2cccc[n+]2[O-])S/C1=C\c1ccc2ncccc2c1. The summed E-state index contributed by atoms with van der Waals surface area (Å²) >= 11 is 0.976. The van der Waals surface area contributed by atoms with Crippen LogP contribution in [-0.2, 0) is 10.7 Å². The lowest BCUT2D eigenvalue weighted by atomic mass is 10.1. The van der Waals surface area contributed by atoms with Gasteiger partial charge in [-0.15, -0.1) is 0 Å². The number of halogens is 2. The zero-order valence-electron chi connectivity index (χ0n) is 14.9. The predicted molar refractivity (Wildman–Crippen MR) is 107 cm³/mol. The number of amidine groups is 1. The molecule has 29 heavy (non-hydrogen) atoms. The van der Waals surface area contributed by atoms with Gasteiger partial charge in [-0.25, -0.2) is 0 Å². The van der Waals surface area contributed by atoms with Crippen LogP contribution in [0.4, 0.5) is 8.78 Å². The summed E-state index contributed by atoms with van der Waals surface area (Å²) in [5.74, 6) is -3.87. The molecule has 0 radical (unpaired) electrons. The van der Waals surface area contributed by atoms with E-state index in [1.807, 2.05) is 30.3 Å². The standard InChI is InChI=1S/C20H14F2N4O2S/c21-20(22,17-5-1-2-9-26(17)28)12-24-19-25-18(27)16(29-19)11-13-6-7-15-14(10-13)4-3-8-23-15/h1-11H,12H2,(H,24,25,27)/b16-11-. The highest BCUT2D eigenvalue weighted by Crippen LogP contribution is 2.29. The van der Waals surface area contributed by atoms with Gasteiger partial charge >= 0.3 is 5.92 Å². The van der Waals surface area contributed by atoms with Crippen molar-refractivity contribution < 1.29 is 18.3 Å². The minimum absolute atomic E-state index is 0.0664. The van der Waals surface area contributed by atoms with Crippen LogP contribution in [0.15, 0.2) is 70.8 Å². The maximum atomic E-state index is 14.3. The highest BCUT2D eigenvalue weighted by atomic mass is 32.2. The largest absolute Gasteiger partial charge is 0.618 e. The van der Waals surface area contributed by atoms with E-state index in [-0.39, 0.29) is 9.90 Å². The predicted octanol–water partition coefficient (Wildman–Crippen LogP) is 3.22. The van der Waals surface area contributed by atoms with E-state index in [0.717, 1.165) is 40.5 Å². The van der Waals surface area contributed by atoms with E-state index in [1.165, 1.54) is 12.1 Å². The molecule has 1 amide bonds. The number of aliphatic imine (C=N–C) groups is 1. The van der Waals surface area contributed by atoms with Crippen molar-refractivity contribution in [1.29, 1.82) is 0 Å². The molecule has 3 heterocycles. The molecule has 0 spiro atoms. The maximum absolute atomic E-state index is 14.3. The topological polar surface area (TPSA) is 81.3 Å². The lowest BCUT2D eigenvalue weighted by Crippen LogP contribution is -2.39. The van der Waals surface area contributed by atoms with Crippen molar-refractivity contribution in [2.24, 2.45) is 4.99 Å². The molecule has 1 aliphatic heterocycles. The number of hydrogen-bond donors (Lipinski definition) is 1. The second-order valence-corrected chi connectivity index (χ2v) is 7.29. The van der Waals surface area contributed by atoms with Crippen molar-refractivity contribution in [3.8, 4) is 0 Å². The fourth-order valence-corrected chi connectivity index (χ4v) is 3.62. The van der Waals surface area contributed by atoms with Crippen molar-refractivity contribution in [1.82, 2.24) is 10.3 Å². The summed E-state index contributed by atoms with van der Waals surface area (Å²) < 4.78 is 28.7. The number of alkyl halides is 2. The van der Waals surface area contributed by atoms with Crippen molar-refractivity contribution in [2.75, 3.05) is 6.54 Å². The second kappa shape index (κ2) is 7.59. The van der Waals surface area contributed by atoms with Crippen LogP contribution in [0.5, 0.6) is 0 Å². The van der Waals surface area contributed by atoms with Gasteiger partial charge in [0.2, 0.25) is 0 Å². The first-order valence-corrected chi connectivity index (χ1v) is 9.41. The van der Waals surface area contributed by atoms with E-state index >= 15 is 0 Å². The Labute approximate surface area is 168 Å². The third-order valence-corrected chi connectivity index (χ3v) is 5.14. The van der Waals surface area contributed by atoms with E-state index in [2.05, 4.69) is 15.3 Å². The molecule has 3 aromatic rings. The number of benzene rings is 1. The number of amides is 1. The monoisotopic (exact) mass is 412 g/mol. The number of nitrogens with zero attached hydrogens (tertiary/aromatic N) is 3. The third kappa shape index (κ3) is 4.09. The van der Waals surface area contributed by atoms with Gasteiger partial charge in [-0.1, -0.05) is 12.1 Å². The number of carbonyl (C=O) groups excluding carboxylic acids is 1. The summed E-state index contributed by atoms with van der Waals surface area (Å²) in [4.78, 5) is 20.5. The molecule has 1 saturated heterocycles. The Morgan fingerprint density at radius 3 is 2.93 bits per heavy atom. The van der Waals surface area contributed by atoms with Gasteiger partial charge < -0.3 is 10.5 Å². The summed E-state index contributed by atoms with van der Waals surface area (Å²) in [7, 11) is 0. The normalized spacial score (nSPS) is 17.2. The smallest absolute Gasteiger partial charge is 0.350 e. The minimum Gasteiger partial charge on any atom is -0.618 e. The number of thioether (sulfide) groups is 1. The molecular weight excluding hydrogens is 398 g/mol. The number of hydrogen-bond acceptors (Lipinski definition) is 5. The molecule has 0 aliphatic carbocycles. The first-order chi connectivity index (χ1) is 13.9. The highest BCUT2D eigenvalue weighted by Gasteiger charge is 2.39. The lowest BCUT2D eigenvalue weighted by molar-refractivity contribution is -0.624. The fourth-order valence-electron chi connectivity index (χ4n) is 2.80. The van der Waals surface area contributed by atoms with Crippen LogP contribution in [-0.4, -0.2) is 22.6 Å². The molecule has 0 atom stereocenters. The van der Waals surface area contributed by atoms with Crippen molar-refractivity contribution in [3.63, 3.8) is 0 Å². The second-order valence-electron chi connectivity index (χ2n) is 6.26. The van der Waals surface area contributed by atoms with Crippen LogP contribution in [0.25, 0.3) is 17.0 Å². The molecule has 1 aromatic carbocycles. The van der Waals surface area contributed by atoms with Crippen LogP contribution in [0, 0.1) is 5.21 Å². The van der Waals surface area contributed by atoms with E-state index in [1.54, 1.807) is 12.3 Å². The summed E-state index contributed by atoms with van der Waals surface area (Å²) in [6.45, 7) is -0.948. The van der Waals surface area contributed by atoms with Crippen molar-refractivity contribution >= 4 is 39.8 Å². The van der Waals surface area contributed by atoms with Crippen LogP contribution in [0.3, 0.4) is 0 Å². The van der Waals surface area contributed by atoms with E-state index < -0.39 is 24.1 Å². The maximum Gasteiger partial charge on any atom is 0.350 e. The molecule has 1 aliphatic rings. The molecule has 0 bridgehead atoms. The van der Waals surface area contributed by atoms with E-state index in [4.69, 9.17) is 0 Å². The van der Waals surface area contributed by atoms with Gasteiger partial charge in [0.25, 0.3) is 11.6 Å². The Hall–Kier alpha value is -3.33. The number of rotatable bonds is 4. The molecule has 0 unspecified atom stereocenters. The average Bonchev–Trinajstić information content (AvgIpc) is 3.06. The minimum atomic E-state index is -3.46. The molecule has 2 aromatic heterocycles. The van der Waals surface area contributed by atoms with Crippen LogP contribution in [0.2, 0.25) is 0 Å². The molecule has 1 N–H and O–H groups in total. The number of nitrogens with one attached hydrogen (secondary N) is 1. The van der Waals surface area contributed by atoms with E-state index in [0.29, 0.717) is 4.91 Å². The van der Waals surface area contributed by atoms with Gasteiger partial charge in [0.05, 0.1) is 10.4 Å². The zero-order chi connectivity index (χ0) is 20.4. The van der Waals surface area contributed by atoms with Crippen molar-refractivity contribution in [3.05, 3.63) is 82.3 Å². The quantitative estimate of drug-likeness (QED) is 0.405. The lowest BCUT2D eigenvalue weighted by Gasteiger charge is -2.13. The van der Waals surface area contributed by atoms with Gasteiger partial charge in [0.15, 0.2) is 11.4 Å². The summed E-state index contributed by atoms with van der Waals surface area (Å²) in [5.41, 5.74) is 0.921. The number of aromatic nitrogens is 2. The third-order valence-electron chi connectivity index (χ3n) is 4.20. The van der Waals surface area contributed by atoms with Gasteiger partial charge in [-0.3, -0.25) is 14.8 Å². The first-order valence-electron chi connectivity index (χ1n) is 8.59. The first kappa shape index (κ1) is 19.0. The summed E-state index contributed by atoms with van der Waals surface area (Å²) in [6.07, 6.45) is 4.36.